The van der Waals surface area contributed by atoms with Gasteiger partial charge in [-0.3, -0.25) is 4.79 Å². The lowest BCUT2D eigenvalue weighted by Crippen LogP contribution is -2.36. The summed E-state index contributed by atoms with van der Waals surface area (Å²) in [7, 11) is -3.49. The van der Waals surface area contributed by atoms with Crippen molar-refractivity contribution < 1.29 is 13.2 Å². The summed E-state index contributed by atoms with van der Waals surface area (Å²) in [6, 6.07) is 4.85. The molecule has 1 fully saturated rings. The molecule has 5 nitrogen and oxygen atoms in total. The number of anilines is 1. The van der Waals surface area contributed by atoms with Gasteiger partial charge in [0.1, 0.15) is 0 Å². The minimum Gasteiger partial charge on any atom is -0.326 e. The zero-order valence-corrected chi connectivity index (χ0v) is 12.0. The Morgan fingerprint density at radius 3 is 2.65 bits per heavy atom. The SMILES string of the molecule is O=C1Cc2cc(S(=O)(=O)NC3CCCCC3)ccc2N1. The van der Waals surface area contributed by atoms with Crippen LogP contribution in [0, 0.1) is 0 Å². The molecule has 1 heterocycles. The lowest BCUT2D eigenvalue weighted by atomic mass is 9.96. The molecule has 1 saturated carbocycles. The molecule has 6 heteroatoms. The number of rotatable bonds is 3. The van der Waals surface area contributed by atoms with E-state index in [2.05, 4.69) is 10.0 Å². The molecule has 1 aliphatic heterocycles. The predicted molar refractivity (Wildman–Crippen MR) is 76.0 cm³/mol. The van der Waals surface area contributed by atoms with Crippen LogP contribution in [0.2, 0.25) is 0 Å². The van der Waals surface area contributed by atoms with Crippen LogP contribution in [0.25, 0.3) is 0 Å². The standard InChI is InChI=1S/C14H18N2O3S/c17-14-9-10-8-12(6-7-13(10)15-14)20(18,19)16-11-4-2-1-3-5-11/h6-8,11,16H,1-5,9H2,(H,15,17). The molecular weight excluding hydrogens is 276 g/mol. The third-order valence-electron chi connectivity index (χ3n) is 3.94. The fraction of sp³-hybridized carbons (Fsp3) is 0.500. The smallest absolute Gasteiger partial charge is 0.240 e. The van der Waals surface area contributed by atoms with Gasteiger partial charge in [-0.2, -0.15) is 0 Å². The van der Waals surface area contributed by atoms with Gasteiger partial charge in [0.15, 0.2) is 0 Å². The first-order valence-corrected chi connectivity index (χ1v) is 8.48. The van der Waals surface area contributed by atoms with Crippen LogP contribution < -0.4 is 10.0 Å². The summed E-state index contributed by atoms with van der Waals surface area (Å²) in [5.74, 6) is -0.0882. The lowest BCUT2D eigenvalue weighted by molar-refractivity contribution is -0.115. The second-order valence-corrected chi connectivity index (χ2v) is 7.21. The summed E-state index contributed by atoms with van der Waals surface area (Å²) in [5.41, 5.74) is 1.47. The molecule has 0 aromatic heterocycles. The third kappa shape index (κ3) is 2.71. The number of fused-ring (bicyclic) bond motifs is 1. The maximum absolute atomic E-state index is 12.4. The fourth-order valence-corrected chi connectivity index (χ4v) is 4.24. The van der Waals surface area contributed by atoms with E-state index in [1.807, 2.05) is 0 Å². The van der Waals surface area contributed by atoms with Crippen LogP contribution in [-0.2, 0) is 21.2 Å². The minimum atomic E-state index is -3.49. The number of hydrogen-bond acceptors (Lipinski definition) is 3. The van der Waals surface area contributed by atoms with Crippen molar-refractivity contribution in [3.63, 3.8) is 0 Å². The molecule has 1 aromatic rings. The highest BCUT2D eigenvalue weighted by Crippen LogP contribution is 2.26. The Morgan fingerprint density at radius 1 is 1.15 bits per heavy atom. The van der Waals surface area contributed by atoms with Crippen molar-refractivity contribution in [3.05, 3.63) is 23.8 Å². The molecule has 20 heavy (non-hydrogen) atoms. The van der Waals surface area contributed by atoms with Crippen molar-refractivity contribution in [1.82, 2.24) is 4.72 Å². The van der Waals surface area contributed by atoms with Gasteiger partial charge in [-0.25, -0.2) is 13.1 Å². The number of hydrogen-bond donors (Lipinski definition) is 2. The molecule has 0 radical (unpaired) electrons. The van der Waals surface area contributed by atoms with Crippen molar-refractivity contribution in [2.45, 2.75) is 49.5 Å². The van der Waals surface area contributed by atoms with Crippen LogP contribution >= 0.6 is 0 Å². The van der Waals surface area contributed by atoms with Gasteiger partial charge in [0.05, 0.1) is 11.3 Å². The van der Waals surface area contributed by atoms with E-state index in [0.29, 0.717) is 5.69 Å². The van der Waals surface area contributed by atoms with E-state index in [1.54, 1.807) is 18.2 Å². The topological polar surface area (TPSA) is 75.3 Å². The number of carbonyl (C=O) groups excluding carboxylic acids is 1. The van der Waals surface area contributed by atoms with Crippen LogP contribution in [0.4, 0.5) is 5.69 Å². The lowest BCUT2D eigenvalue weighted by Gasteiger charge is -2.22. The molecule has 0 atom stereocenters. The summed E-state index contributed by atoms with van der Waals surface area (Å²) in [4.78, 5) is 11.6. The first-order chi connectivity index (χ1) is 9.54. The largest absolute Gasteiger partial charge is 0.326 e. The Morgan fingerprint density at radius 2 is 1.90 bits per heavy atom. The first-order valence-electron chi connectivity index (χ1n) is 7.00. The van der Waals surface area contributed by atoms with E-state index in [0.717, 1.165) is 31.2 Å². The Kier molecular flexibility index (Phi) is 3.52. The minimum absolute atomic E-state index is 0.0433. The summed E-state index contributed by atoms with van der Waals surface area (Å²) >= 11 is 0. The number of sulfonamides is 1. The van der Waals surface area contributed by atoms with Gasteiger partial charge in [0.25, 0.3) is 0 Å². The van der Waals surface area contributed by atoms with E-state index in [4.69, 9.17) is 0 Å². The molecule has 0 bridgehead atoms. The average Bonchev–Trinajstić information content (AvgIpc) is 2.78. The van der Waals surface area contributed by atoms with Crippen LogP contribution in [0.3, 0.4) is 0 Å². The zero-order chi connectivity index (χ0) is 14.2. The second-order valence-electron chi connectivity index (χ2n) is 5.50. The van der Waals surface area contributed by atoms with Crippen LogP contribution in [0.1, 0.15) is 37.7 Å². The molecule has 2 aliphatic rings. The van der Waals surface area contributed by atoms with E-state index in [1.165, 1.54) is 6.42 Å². The highest BCUT2D eigenvalue weighted by molar-refractivity contribution is 7.89. The number of carbonyl (C=O) groups is 1. The summed E-state index contributed by atoms with van der Waals surface area (Å²) < 4.78 is 27.5. The van der Waals surface area contributed by atoms with Gasteiger partial charge >= 0.3 is 0 Å². The zero-order valence-electron chi connectivity index (χ0n) is 11.2. The summed E-state index contributed by atoms with van der Waals surface area (Å²) in [6.45, 7) is 0. The highest BCUT2D eigenvalue weighted by atomic mass is 32.2. The molecule has 2 N–H and O–H groups in total. The van der Waals surface area contributed by atoms with Crippen LogP contribution in [-0.4, -0.2) is 20.4 Å². The van der Waals surface area contributed by atoms with Crippen molar-refractivity contribution >= 4 is 21.6 Å². The third-order valence-corrected chi connectivity index (χ3v) is 5.46. The highest BCUT2D eigenvalue weighted by Gasteiger charge is 2.24. The van der Waals surface area contributed by atoms with Gasteiger partial charge in [0.2, 0.25) is 15.9 Å². The number of benzene rings is 1. The van der Waals surface area contributed by atoms with Crippen molar-refractivity contribution in [2.24, 2.45) is 0 Å². The molecule has 0 spiro atoms. The monoisotopic (exact) mass is 294 g/mol. The maximum atomic E-state index is 12.4. The van der Waals surface area contributed by atoms with Gasteiger partial charge < -0.3 is 5.32 Å². The molecule has 0 unspecified atom stereocenters. The van der Waals surface area contributed by atoms with E-state index in [9.17, 15) is 13.2 Å². The molecule has 0 saturated heterocycles. The Balaban J connectivity index is 1.81. The molecule has 1 aliphatic carbocycles. The van der Waals surface area contributed by atoms with Gasteiger partial charge in [0, 0.05) is 11.7 Å². The number of nitrogens with one attached hydrogen (secondary N) is 2. The summed E-state index contributed by atoms with van der Waals surface area (Å²) in [5, 5.41) is 2.70. The van der Waals surface area contributed by atoms with Gasteiger partial charge in [-0.1, -0.05) is 19.3 Å². The quantitative estimate of drug-likeness (QED) is 0.892. The Bertz CT molecular complexity index is 634. The normalized spacial score (nSPS) is 19.7. The van der Waals surface area contributed by atoms with Crippen molar-refractivity contribution in [2.75, 3.05) is 5.32 Å². The molecular formula is C14H18N2O3S. The van der Waals surface area contributed by atoms with E-state index < -0.39 is 10.0 Å². The van der Waals surface area contributed by atoms with Crippen LogP contribution in [0.15, 0.2) is 23.1 Å². The second kappa shape index (κ2) is 5.18. The number of amides is 1. The predicted octanol–water partition coefficient (Wildman–Crippen LogP) is 1.79. The Labute approximate surface area is 118 Å². The average molecular weight is 294 g/mol. The molecule has 108 valence electrons. The maximum Gasteiger partial charge on any atom is 0.240 e. The van der Waals surface area contributed by atoms with Gasteiger partial charge in [-0.05, 0) is 36.6 Å². The van der Waals surface area contributed by atoms with E-state index >= 15 is 0 Å². The van der Waals surface area contributed by atoms with Crippen molar-refractivity contribution in [3.8, 4) is 0 Å². The van der Waals surface area contributed by atoms with Crippen molar-refractivity contribution in [1.29, 1.82) is 0 Å². The fourth-order valence-electron chi connectivity index (χ4n) is 2.88. The Hall–Kier alpha value is -1.40. The molecule has 3 rings (SSSR count). The summed E-state index contributed by atoms with van der Waals surface area (Å²) in [6.07, 6.45) is 5.41. The first kappa shape index (κ1) is 13.6. The van der Waals surface area contributed by atoms with E-state index in [-0.39, 0.29) is 23.3 Å². The van der Waals surface area contributed by atoms with Gasteiger partial charge in [-0.15, -0.1) is 0 Å². The molecule has 1 amide bonds. The van der Waals surface area contributed by atoms with Crippen LogP contribution in [0.5, 0.6) is 0 Å². The molecule has 1 aromatic carbocycles.